The van der Waals surface area contributed by atoms with Crippen LogP contribution in [0.2, 0.25) is 0 Å². The zero-order chi connectivity index (χ0) is 28.6. The Bertz CT molecular complexity index is 2190. The Morgan fingerprint density at radius 1 is 0.805 bits per heavy atom. The van der Waals surface area contributed by atoms with Gasteiger partial charge < -0.3 is 4.57 Å². The summed E-state index contributed by atoms with van der Waals surface area (Å²) < 4.78 is 38.0. The first-order valence-electron chi connectivity index (χ1n) is 12.8. The van der Waals surface area contributed by atoms with Gasteiger partial charge in [-0.2, -0.15) is 5.10 Å². The van der Waals surface area contributed by atoms with Crippen LogP contribution in [0.5, 0.6) is 0 Å². The maximum absolute atomic E-state index is 15.7. The Balaban J connectivity index is 1.58. The molecule has 11 heteroatoms. The quantitative estimate of drug-likeness (QED) is 0.310. The third-order valence-corrected chi connectivity index (χ3v) is 7.56. The topological polar surface area (TPSA) is 80.4 Å². The second-order valence-corrected chi connectivity index (χ2v) is 10.2. The number of nitrogens with zero attached hydrogens (tertiary/aromatic N) is 8. The summed E-state index contributed by atoms with van der Waals surface area (Å²) in [4.78, 5) is 22.3. The summed E-state index contributed by atoms with van der Waals surface area (Å²) in [5, 5.41) is 4.19. The van der Waals surface area contributed by atoms with Crippen molar-refractivity contribution in [3.05, 3.63) is 95.6 Å². The highest BCUT2D eigenvalue weighted by Gasteiger charge is 2.23. The monoisotopic (exact) mass is 550 g/mol. The van der Waals surface area contributed by atoms with Gasteiger partial charge in [0, 0.05) is 57.1 Å². The number of rotatable bonds is 4. The Morgan fingerprint density at radius 2 is 1.59 bits per heavy atom. The van der Waals surface area contributed by atoms with E-state index in [1.54, 1.807) is 78.1 Å². The third-order valence-electron chi connectivity index (χ3n) is 7.56. The number of imidazole rings is 3. The molecule has 0 radical (unpaired) electrons. The van der Waals surface area contributed by atoms with Crippen LogP contribution in [0.1, 0.15) is 0 Å². The van der Waals surface area contributed by atoms with E-state index < -0.39 is 5.82 Å². The van der Waals surface area contributed by atoms with E-state index in [1.807, 2.05) is 28.3 Å². The second-order valence-electron chi connectivity index (χ2n) is 10.2. The zero-order valence-corrected chi connectivity index (χ0v) is 22.7. The molecule has 0 saturated heterocycles. The molecule has 41 heavy (non-hydrogen) atoms. The van der Waals surface area contributed by atoms with Gasteiger partial charge in [0.1, 0.15) is 17.3 Å². The lowest BCUT2D eigenvalue weighted by Crippen LogP contribution is -2.19. The minimum atomic E-state index is -0.421. The first kappa shape index (κ1) is 24.7. The molecule has 0 amide bonds. The van der Waals surface area contributed by atoms with Gasteiger partial charge in [0.25, 0.3) is 0 Å². The van der Waals surface area contributed by atoms with Crippen LogP contribution in [-0.2, 0) is 28.2 Å². The molecule has 0 fully saturated rings. The first-order valence-corrected chi connectivity index (χ1v) is 12.8. The maximum atomic E-state index is 15.7. The Morgan fingerprint density at radius 3 is 2.27 bits per heavy atom. The van der Waals surface area contributed by atoms with E-state index in [2.05, 4.69) is 10.1 Å². The largest absolute Gasteiger partial charge is 0.331 e. The molecule has 0 atom stereocenters. The molecule has 0 saturated carbocycles. The van der Waals surface area contributed by atoms with Crippen molar-refractivity contribution >= 4 is 22.1 Å². The molecule has 0 aliphatic rings. The molecular weight excluding hydrogens is 526 g/mol. The van der Waals surface area contributed by atoms with Gasteiger partial charge >= 0.3 is 5.69 Å². The van der Waals surface area contributed by atoms with E-state index in [9.17, 15) is 9.18 Å². The first-order chi connectivity index (χ1) is 19.7. The lowest BCUT2D eigenvalue weighted by atomic mass is 10.0. The maximum Gasteiger partial charge on any atom is 0.328 e. The van der Waals surface area contributed by atoms with Crippen molar-refractivity contribution in [2.75, 3.05) is 0 Å². The fourth-order valence-corrected chi connectivity index (χ4v) is 5.50. The van der Waals surface area contributed by atoms with Crippen LogP contribution in [0, 0.1) is 11.6 Å². The normalized spacial score (nSPS) is 11.8. The molecule has 0 unspecified atom stereocenters. The van der Waals surface area contributed by atoms with Crippen molar-refractivity contribution in [2.45, 2.75) is 0 Å². The molecule has 0 aliphatic heterocycles. The molecule has 7 rings (SSSR count). The lowest BCUT2D eigenvalue weighted by molar-refractivity contribution is 0.628. The Hall–Kier alpha value is -5.32. The van der Waals surface area contributed by atoms with Crippen LogP contribution in [0.15, 0.2) is 78.2 Å². The van der Waals surface area contributed by atoms with Crippen LogP contribution in [0.4, 0.5) is 8.78 Å². The predicted molar refractivity (Wildman–Crippen MR) is 153 cm³/mol. The molecule has 9 nitrogen and oxygen atoms in total. The van der Waals surface area contributed by atoms with Gasteiger partial charge in [0.15, 0.2) is 5.82 Å². The number of fused-ring (bicyclic) bond motifs is 2. The van der Waals surface area contributed by atoms with Crippen molar-refractivity contribution in [3.63, 3.8) is 0 Å². The Kier molecular flexibility index (Phi) is 5.33. The van der Waals surface area contributed by atoms with E-state index in [1.165, 1.54) is 18.2 Å². The van der Waals surface area contributed by atoms with Gasteiger partial charge in [-0.3, -0.25) is 18.4 Å². The van der Waals surface area contributed by atoms with Gasteiger partial charge in [-0.1, -0.05) is 12.1 Å². The number of hydrogen-bond acceptors (Lipinski definition) is 4. The summed E-state index contributed by atoms with van der Waals surface area (Å²) in [7, 11) is 7.06. The number of hydrogen-bond donors (Lipinski definition) is 0. The van der Waals surface area contributed by atoms with E-state index in [4.69, 9.17) is 4.98 Å². The summed E-state index contributed by atoms with van der Waals surface area (Å²) in [6.45, 7) is 0. The van der Waals surface area contributed by atoms with Gasteiger partial charge in [0.05, 0.1) is 46.5 Å². The molecule has 0 aliphatic carbocycles. The summed E-state index contributed by atoms with van der Waals surface area (Å²) >= 11 is 0. The highest BCUT2D eigenvalue weighted by molar-refractivity contribution is 5.96. The molecular formula is C30H24F2N8O. The van der Waals surface area contributed by atoms with E-state index in [-0.39, 0.29) is 11.5 Å². The SMILES string of the molecule is Cn1cc(-c2cc3nc(-c4cncn4C)n(-c4cc(-c5ccc(F)cc5)c5c(c4)n(C)c(=O)n5C)c3cc2F)cn1. The molecule has 204 valence electrons. The summed E-state index contributed by atoms with van der Waals surface area (Å²) in [6.07, 6.45) is 6.74. The molecule has 7 aromatic rings. The zero-order valence-electron chi connectivity index (χ0n) is 22.7. The van der Waals surface area contributed by atoms with E-state index >= 15 is 4.39 Å². The van der Waals surface area contributed by atoms with Crippen molar-refractivity contribution < 1.29 is 8.78 Å². The van der Waals surface area contributed by atoms with Crippen molar-refractivity contribution in [1.29, 1.82) is 0 Å². The van der Waals surface area contributed by atoms with Crippen molar-refractivity contribution in [3.8, 4) is 39.5 Å². The average Bonchev–Trinajstić information content (AvgIpc) is 3.72. The minimum Gasteiger partial charge on any atom is -0.331 e. The van der Waals surface area contributed by atoms with Crippen LogP contribution in [0.3, 0.4) is 0 Å². The molecule has 4 heterocycles. The number of aryl methyl sites for hydroxylation is 4. The lowest BCUT2D eigenvalue weighted by Gasteiger charge is -2.14. The average molecular weight is 551 g/mol. The third kappa shape index (κ3) is 3.73. The van der Waals surface area contributed by atoms with Gasteiger partial charge in [0.2, 0.25) is 0 Å². The molecule has 0 bridgehead atoms. The van der Waals surface area contributed by atoms with Gasteiger partial charge in [-0.15, -0.1) is 0 Å². The molecule has 0 spiro atoms. The standard InChI is InChI=1S/C30H24F2N8O/c1-36-16-33-14-27(36)29-35-24-11-21(18-13-34-37(2)15-18)23(32)12-25(24)40(29)20-9-22(17-5-7-19(31)8-6-17)28-26(10-20)38(3)30(41)39(28)4/h5-16H,1-4H3. The predicted octanol–water partition coefficient (Wildman–Crippen LogP) is 4.96. The van der Waals surface area contributed by atoms with E-state index in [0.29, 0.717) is 44.7 Å². The van der Waals surface area contributed by atoms with Crippen LogP contribution < -0.4 is 5.69 Å². The van der Waals surface area contributed by atoms with Gasteiger partial charge in [-0.05, 0) is 35.9 Å². The summed E-state index contributed by atoms with van der Waals surface area (Å²) in [5.74, 6) is -0.231. The Labute approximate surface area is 232 Å². The highest BCUT2D eigenvalue weighted by Crippen LogP contribution is 2.36. The molecule has 0 N–H and O–H groups in total. The van der Waals surface area contributed by atoms with Crippen LogP contribution >= 0.6 is 0 Å². The summed E-state index contributed by atoms with van der Waals surface area (Å²) in [6, 6.07) is 13.1. The van der Waals surface area contributed by atoms with Crippen LogP contribution in [-0.4, -0.2) is 38.0 Å². The summed E-state index contributed by atoms with van der Waals surface area (Å²) in [5.41, 5.74) is 6.14. The second kappa shape index (κ2) is 8.85. The number of aromatic nitrogens is 8. The highest BCUT2D eigenvalue weighted by atomic mass is 19.1. The smallest absolute Gasteiger partial charge is 0.328 e. The van der Waals surface area contributed by atoms with E-state index in [0.717, 1.165) is 16.8 Å². The van der Waals surface area contributed by atoms with Crippen LogP contribution in [0.25, 0.3) is 61.5 Å². The van der Waals surface area contributed by atoms with Gasteiger partial charge in [-0.25, -0.2) is 23.5 Å². The van der Waals surface area contributed by atoms with Crippen molar-refractivity contribution in [2.24, 2.45) is 28.2 Å². The number of benzene rings is 3. The fraction of sp³-hybridized carbons (Fsp3) is 0.133. The minimum absolute atomic E-state index is 0.199. The van der Waals surface area contributed by atoms with Crippen molar-refractivity contribution in [1.82, 2.24) is 38.0 Å². The number of halogens is 2. The fourth-order valence-electron chi connectivity index (χ4n) is 5.50. The molecule has 3 aromatic carbocycles. The molecule has 4 aromatic heterocycles.